The number of hydrogen-bond donors (Lipinski definition) is 5. The van der Waals surface area contributed by atoms with Gasteiger partial charge in [-0.3, -0.25) is 19.5 Å². The number of anilines is 2. The number of nitrogens with two attached hydrogens (primary N) is 2. The molecule has 2 aromatic rings. The Labute approximate surface area is 198 Å². The first kappa shape index (κ1) is 26.2. The van der Waals surface area contributed by atoms with E-state index in [1.54, 1.807) is 12.1 Å². The maximum Gasteiger partial charge on any atom is 0.351 e. The second-order valence-electron chi connectivity index (χ2n) is 8.31. The van der Waals surface area contributed by atoms with Crippen LogP contribution in [0.15, 0.2) is 41.3 Å². The number of aliphatic hydroxyl groups excluding tert-OH is 2. The van der Waals surface area contributed by atoms with E-state index in [2.05, 4.69) is 10.3 Å². The number of ether oxygens (including phenoxy) is 1. The first-order valence-corrected chi connectivity index (χ1v) is 10.8. The summed E-state index contributed by atoms with van der Waals surface area (Å²) in [4.78, 5) is 38.0. The number of carbonyl (C=O) groups is 2. The number of carbonyl (C=O) groups excluding carboxylic acids is 2. The number of imide groups is 1. The van der Waals surface area contributed by atoms with E-state index in [4.69, 9.17) is 21.3 Å². The number of piperidine rings is 1. The number of nitrogen functional groups attached to an aromatic ring is 2. The molecule has 4 atom stereocenters. The van der Waals surface area contributed by atoms with Crippen LogP contribution in [0, 0.1) is 0 Å². The highest BCUT2D eigenvalue weighted by atomic mass is 19.3. The van der Waals surface area contributed by atoms with Crippen molar-refractivity contribution < 1.29 is 33.3 Å². The maximum absolute atomic E-state index is 13.7. The highest BCUT2D eigenvalue weighted by molar-refractivity contribution is 6.03. The standard InChI is InChI=1S/C13H16N2O2.C9H11F2N3O4/c1-2-13(8-7-11(16)15-12(13)17)9-3-5-10(14)6-4-9;10-9(11)6(16)4(3-15)18-7(9)14-2-1-5(12)13-8(14)17/h3-6H,2,7-8,14H2,1H3,(H,15,16,17);1-2,4,6-7,15-16H,3H2,(H2,12,13,17)/t;4-,6-,7-/m.1/s1. The molecular formula is C22H27F2N5O6. The highest BCUT2D eigenvalue weighted by Gasteiger charge is 2.59. The van der Waals surface area contributed by atoms with E-state index < -0.39 is 42.1 Å². The van der Waals surface area contributed by atoms with E-state index in [9.17, 15) is 28.3 Å². The molecule has 0 spiro atoms. The van der Waals surface area contributed by atoms with Gasteiger partial charge in [-0.25, -0.2) is 4.79 Å². The summed E-state index contributed by atoms with van der Waals surface area (Å²) in [5.41, 5.74) is 10.9. The minimum atomic E-state index is -3.71. The van der Waals surface area contributed by atoms with Crippen LogP contribution >= 0.6 is 0 Å². The molecular weight excluding hydrogens is 468 g/mol. The lowest BCUT2D eigenvalue weighted by atomic mass is 9.72. The summed E-state index contributed by atoms with van der Waals surface area (Å²) < 4.78 is 32.7. The number of aliphatic hydroxyl groups is 2. The van der Waals surface area contributed by atoms with Gasteiger partial charge >= 0.3 is 11.6 Å². The fraction of sp³-hybridized carbons (Fsp3) is 0.455. The molecule has 0 aliphatic carbocycles. The van der Waals surface area contributed by atoms with Gasteiger partial charge in [-0.2, -0.15) is 13.8 Å². The topological polar surface area (TPSA) is 183 Å². The average molecular weight is 495 g/mol. The Hall–Kier alpha value is -3.42. The van der Waals surface area contributed by atoms with Gasteiger partial charge in [0, 0.05) is 18.3 Å². The summed E-state index contributed by atoms with van der Waals surface area (Å²) in [6.45, 7) is 1.18. The van der Waals surface area contributed by atoms with Crippen molar-refractivity contribution in [2.75, 3.05) is 18.1 Å². The Morgan fingerprint density at radius 1 is 1.20 bits per heavy atom. The first-order valence-electron chi connectivity index (χ1n) is 10.8. The summed E-state index contributed by atoms with van der Waals surface area (Å²) in [5.74, 6) is -4.21. The van der Waals surface area contributed by atoms with Gasteiger partial charge in [-0.05, 0) is 36.6 Å². The molecule has 4 rings (SSSR count). The quantitative estimate of drug-likeness (QED) is 0.289. The molecule has 1 unspecified atom stereocenters. The molecule has 35 heavy (non-hydrogen) atoms. The Morgan fingerprint density at radius 2 is 1.86 bits per heavy atom. The largest absolute Gasteiger partial charge is 0.399 e. The van der Waals surface area contributed by atoms with Crippen molar-refractivity contribution in [2.45, 2.75) is 56.0 Å². The fourth-order valence-electron chi connectivity index (χ4n) is 4.09. The van der Waals surface area contributed by atoms with E-state index in [1.807, 2.05) is 19.1 Å². The number of rotatable bonds is 4. The van der Waals surface area contributed by atoms with E-state index in [-0.39, 0.29) is 17.6 Å². The molecule has 0 saturated carbocycles. The number of nitrogens with zero attached hydrogens (tertiary/aromatic N) is 2. The summed E-state index contributed by atoms with van der Waals surface area (Å²) in [5, 5.41) is 20.5. The van der Waals surface area contributed by atoms with Crippen LogP contribution in [-0.4, -0.2) is 56.3 Å². The average Bonchev–Trinajstić information content (AvgIpc) is 3.04. The SMILES string of the molecule is CCC1(c2ccc(N)cc2)CCC(=O)NC1=O.Nc1ccn([C@@H]2O[C@H](CO)[C@@H](O)C2(F)F)c(=O)n1. The van der Waals surface area contributed by atoms with E-state index in [1.165, 1.54) is 0 Å². The molecule has 190 valence electrons. The van der Waals surface area contributed by atoms with Crippen molar-refractivity contribution >= 4 is 23.3 Å². The molecule has 2 saturated heterocycles. The smallest absolute Gasteiger partial charge is 0.351 e. The number of nitrogens with one attached hydrogen (secondary N) is 1. The normalized spacial score (nSPS) is 27.6. The van der Waals surface area contributed by atoms with Crippen LogP contribution in [0.3, 0.4) is 0 Å². The lowest BCUT2D eigenvalue weighted by Gasteiger charge is -2.34. The molecule has 2 fully saturated rings. The van der Waals surface area contributed by atoms with Crippen LogP contribution in [0.5, 0.6) is 0 Å². The molecule has 0 radical (unpaired) electrons. The summed E-state index contributed by atoms with van der Waals surface area (Å²) in [7, 11) is 0. The Morgan fingerprint density at radius 3 is 2.37 bits per heavy atom. The van der Waals surface area contributed by atoms with E-state index in [0.29, 0.717) is 29.5 Å². The van der Waals surface area contributed by atoms with Crippen molar-refractivity contribution in [2.24, 2.45) is 0 Å². The van der Waals surface area contributed by atoms with Crippen LogP contribution < -0.4 is 22.5 Å². The molecule has 2 aliphatic rings. The van der Waals surface area contributed by atoms with Crippen molar-refractivity contribution in [3.8, 4) is 0 Å². The van der Waals surface area contributed by atoms with Gasteiger partial charge in [-0.1, -0.05) is 19.1 Å². The number of hydrogen-bond acceptors (Lipinski definition) is 9. The summed E-state index contributed by atoms with van der Waals surface area (Å²) >= 11 is 0. The molecule has 2 aliphatic heterocycles. The monoisotopic (exact) mass is 495 g/mol. The Bertz CT molecular complexity index is 1140. The Kier molecular flexibility index (Phi) is 7.53. The Balaban J connectivity index is 0.000000196. The zero-order valence-electron chi connectivity index (χ0n) is 18.9. The molecule has 1 aromatic heterocycles. The molecule has 13 heteroatoms. The molecule has 11 nitrogen and oxygen atoms in total. The van der Waals surface area contributed by atoms with Crippen molar-refractivity contribution in [1.29, 1.82) is 0 Å². The van der Waals surface area contributed by atoms with Crippen LogP contribution in [0.4, 0.5) is 20.3 Å². The number of halogens is 2. The van der Waals surface area contributed by atoms with Crippen molar-refractivity contribution in [3.05, 3.63) is 52.6 Å². The summed E-state index contributed by atoms with van der Waals surface area (Å²) in [6, 6.07) is 8.47. The van der Waals surface area contributed by atoms with Gasteiger partial charge in [0.2, 0.25) is 18.0 Å². The molecule has 3 heterocycles. The van der Waals surface area contributed by atoms with E-state index in [0.717, 1.165) is 17.8 Å². The minimum absolute atomic E-state index is 0.114. The van der Waals surface area contributed by atoms with Gasteiger partial charge in [0.1, 0.15) is 11.9 Å². The third kappa shape index (κ3) is 5.01. The number of amides is 2. The van der Waals surface area contributed by atoms with Crippen LogP contribution in [0.2, 0.25) is 0 Å². The van der Waals surface area contributed by atoms with Gasteiger partial charge in [0.15, 0.2) is 6.10 Å². The lowest BCUT2D eigenvalue weighted by molar-refractivity contribution is -0.141. The zero-order valence-corrected chi connectivity index (χ0v) is 18.9. The van der Waals surface area contributed by atoms with Crippen molar-refractivity contribution in [1.82, 2.24) is 14.9 Å². The van der Waals surface area contributed by atoms with Gasteiger partial charge < -0.3 is 26.4 Å². The number of aromatic nitrogens is 2. The van der Waals surface area contributed by atoms with Crippen LogP contribution in [0.25, 0.3) is 0 Å². The van der Waals surface area contributed by atoms with Crippen LogP contribution in [-0.2, 0) is 19.7 Å². The maximum atomic E-state index is 13.7. The highest BCUT2D eigenvalue weighted by Crippen LogP contribution is 2.42. The molecule has 2 amide bonds. The second-order valence-corrected chi connectivity index (χ2v) is 8.31. The van der Waals surface area contributed by atoms with E-state index >= 15 is 0 Å². The third-order valence-corrected chi connectivity index (χ3v) is 6.20. The number of alkyl halides is 2. The predicted octanol–water partition coefficient (Wildman–Crippen LogP) is 0.0646. The minimum Gasteiger partial charge on any atom is -0.399 e. The zero-order chi connectivity index (χ0) is 26.0. The fourth-order valence-corrected chi connectivity index (χ4v) is 4.09. The third-order valence-electron chi connectivity index (χ3n) is 6.20. The summed E-state index contributed by atoms with van der Waals surface area (Å²) in [6.07, 6.45) is -3.05. The molecule has 7 N–H and O–H groups in total. The number of benzene rings is 1. The molecule has 1 aromatic carbocycles. The van der Waals surface area contributed by atoms with Gasteiger partial charge in [0.05, 0.1) is 12.0 Å². The first-order chi connectivity index (χ1) is 16.5. The predicted molar refractivity (Wildman–Crippen MR) is 120 cm³/mol. The van der Waals surface area contributed by atoms with Gasteiger partial charge in [-0.15, -0.1) is 0 Å². The lowest BCUT2D eigenvalue weighted by Crippen LogP contribution is -2.51. The van der Waals surface area contributed by atoms with Crippen LogP contribution in [0.1, 0.15) is 38.0 Å². The van der Waals surface area contributed by atoms with Gasteiger partial charge in [0.25, 0.3) is 0 Å². The second kappa shape index (κ2) is 10.1. The van der Waals surface area contributed by atoms with Crippen molar-refractivity contribution in [3.63, 3.8) is 0 Å². The molecule has 0 bridgehead atoms.